The molecular weight excluding hydrogens is 384 g/mol. The first-order chi connectivity index (χ1) is 14.4. The molecule has 0 fully saturated rings. The molecule has 0 aliphatic carbocycles. The molecule has 0 unspecified atom stereocenters. The van der Waals surface area contributed by atoms with Crippen molar-refractivity contribution in [1.82, 2.24) is 0 Å². The van der Waals surface area contributed by atoms with Gasteiger partial charge in [-0.2, -0.15) is 0 Å². The predicted molar refractivity (Wildman–Crippen MR) is 113 cm³/mol. The molecule has 8 heteroatoms. The van der Waals surface area contributed by atoms with Gasteiger partial charge < -0.3 is 20.9 Å². The van der Waals surface area contributed by atoms with Crippen molar-refractivity contribution in [3.63, 3.8) is 0 Å². The normalized spacial score (nSPS) is 14.6. The van der Waals surface area contributed by atoms with Crippen LogP contribution in [0.5, 0.6) is 0 Å². The molecule has 4 rings (SSSR count). The van der Waals surface area contributed by atoms with Gasteiger partial charge in [-0.1, -0.05) is 0 Å². The minimum absolute atomic E-state index is 0.143. The van der Waals surface area contributed by atoms with E-state index < -0.39 is 11.8 Å². The molecule has 8 nitrogen and oxygen atoms in total. The maximum atomic E-state index is 12.4. The Kier molecular flexibility index (Phi) is 5.22. The first-order valence-corrected chi connectivity index (χ1v) is 9.87. The van der Waals surface area contributed by atoms with E-state index in [9.17, 15) is 19.2 Å². The number of nitrogens with zero attached hydrogens (tertiary/aromatic N) is 1. The molecule has 2 aliphatic rings. The molecule has 0 saturated carbocycles. The van der Waals surface area contributed by atoms with Gasteiger partial charge in [-0.15, -0.1) is 0 Å². The lowest BCUT2D eigenvalue weighted by Gasteiger charge is -2.35. The second-order valence-electron chi connectivity index (χ2n) is 7.46. The van der Waals surface area contributed by atoms with Crippen LogP contribution in [-0.4, -0.2) is 30.2 Å². The number of aryl methyl sites for hydroxylation is 2. The summed E-state index contributed by atoms with van der Waals surface area (Å²) in [5, 5.41) is 7.84. The first-order valence-electron chi connectivity index (χ1n) is 9.87. The molecular formula is C22H22N4O4. The van der Waals surface area contributed by atoms with E-state index in [-0.39, 0.29) is 11.8 Å². The second kappa shape index (κ2) is 7.98. The molecule has 0 saturated heterocycles. The molecule has 2 aliphatic heterocycles. The van der Waals surface area contributed by atoms with Gasteiger partial charge in [-0.25, -0.2) is 0 Å². The highest BCUT2D eigenvalue weighted by molar-refractivity contribution is 6.43. The van der Waals surface area contributed by atoms with Gasteiger partial charge in [0.1, 0.15) is 0 Å². The van der Waals surface area contributed by atoms with Crippen LogP contribution in [0.4, 0.5) is 22.7 Å². The van der Waals surface area contributed by atoms with Gasteiger partial charge in [-0.3, -0.25) is 19.2 Å². The summed E-state index contributed by atoms with van der Waals surface area (Å²) in [5.74, 6) is -1.61. The highest BCUT2D eigenvalue weighted by Crippen LogP contribution is 2.37. The Morgan fingerprint density at radius 1 is 0.800 bits per heavy atom. The average Bonchev–Trinajstić information content (AvgIpc) is 2.71. The maximum absolute atomic E-state index is 12.4. The quantitative estimate of drug-likeness (QED) is 0.681. The van der Waals surface area contributed by atoms with E-state index in [2.05, 4.69) is 16.0 Å². The van der Waals surface area contributed by atoms with Crippen LogP contribution >= 0.6 is 0 Å². The Balaban J connectivity index is 1.44. The summed E-state index contributed by atoms with van der Waals surface area (Å²) in [6.07, 6.45) is 2.81. The van der Waals surface area contributed by atoms with Crippen molar-refractivity contribution in [3.8, 4) is 0 Å². The maximum Gasteiger partial charge on any atom is 0.314 e. The van der Waals surface area contributed by atoms with E-state index in [1.807, 2.05) is 17.0 Å². The van der Waals surface area contributed by atoms with Crippen molar-refractivity contribution in [1.29, 1.82) is 0 Å². The van der Waals surface area contributed by atoms with Crippen molar-refractivity contribution >= 4 is 46.4 Å². The topological polar surface area (TPSA) is 108 Å². The van der Waals surface area contributed by atoms with Crippen LogP contribution in [0.25, 0.3) is 0 Å². The molecule has 3 N–H and O–H groups in total. The fourth-order valence-corrected chi connectivity index (χ4v) is 3.94. The Morgan fingerprint density at radius 2 is 1.37 bits per heavy atom. The standard InChI is InChI=1S/C22H22N4O4/c1-13(27)23-16-5-7-17(8-6-16)24-21(29)22(30)25-18-11-14-3-2-10-26-19(28)9-4-15(12-18)20(14)26/h5-8,11-12H,2-4,9-10H2,1H3,(H,23,27)(H,24,29)(H,25,30). The Bertz CT molecular complexity index is 1030. The molecule has 0 radical (unpaired) electrons. The lowest BCUT2D eigenvalue weighted by molar-refractivity contribution is -0.132. The predicted octanol–water partition coefficient (Wildman–Crippen LogP) is 2.45. The molecule has 2 aromatic rings. The fourth-order valence-electron chi connectivity index (χ4n) is 3.94. The number of nitrogens with one attached hydrogen (secondary N) is 3. The van der Waals surface area contributed by atoms with Gasteiger partial charge in [0.05, 0.1) is 5.69 Å². The van der Waals surface area contributed by atoms with Crippen molar-refractivity contribution < 1.29 is 19.2 Å². The van der Waals surface area contributed by atoms with E-state index in [0.29, 0.717) is 29.9 Å². The SMILES string of the molecule is CC(=O)Nc1ccc(NC(=O)C(=O)Nc2cc3c4c(c2)CCC(=O)N4CCC3)cc1. The van der Waals surface area contributed by atoms with E-state index >= 15 is 0 Å². The van der Waals surface area contributed by atoms with Crippen LogP contribution in [0, 0.1) is 0 Å². The van der Waals surface area contributed by atoms with Crippen LogP contribution in [-0.2, 0) is 32.0 Å². The van der Waals surface area contributed by atoms with E-state index in [4.69, 9.17) is 0 Å². The monoisotopic (exact) mass is 406 g/mol. The number of hydrogen-bond acceptors (Lipinski definition) is 4. The summed E-state index contributed by atoms with van der Waals surface area (Å²) < 4.78 is 0. The zero-order valence-corrected chi connectivity index (χ0v) is 16.6. The summed E-state index contributed by atoms with van der Waals surface area (Å²) in [7, 11) is 0. The summed E-state index contributed by atoms with van der Waals surface area (Å²) in [6, 6.07) is 10.2. The lowest BCUT2D eigenvalue weighted by atomic mass is 9.91. The average molecular weight is 406 g/mol. The van der Waals surface area contributed by atoms with Crippen molar-refractivity contribution in [2.45, 2.75) is 32.6 Å². The van der Waals surface area contributed by atoms with E-state index in [1.54, 1.807) is 24.3 Å². The second-order valence-corrected chi connectivity index (χ2v) is 7.46. The van der Waals surface area contributed by atoms with Crippen LogP contribution in [0.3, 0.4) is 0 Å². The third-order valence-electron chi connectivity index (χ3n) is 5.20. The zero-order valence-electron chi connectivity index (χ0n) is 16.6. The third-order valence-corrected chi connectivity index (χ3v) is 5.20. The minimum atomic E-state index is -0.787. The number of anilines is 4. The van der Waals surface area contributed by atoms with E-state index in [1.165, 1.54) is 6.92 Å². The molecule has 0 aromatic heterocycles. The highest BCUT2D eigenvalue weighted by Gasteiger charge is 2.30. The van der Waals surface area contributed by atoms with Crippen LogP contribution in [0.1, 0.15) is 30.9 Å². The van der Waals surface area contributed by atoms with Crippen molar-refractivity contribution in [2.24, 2.45) is 0 Å². The van der Waals surface area contributed by atoms with Crippen LogP contribution in [0.15, 0.2) is 36.4 Å². The number of rotatable bonds is 3. The molecule has 2 heterocycles. The highest BCUT2D eigenvalue weighted by atomic mass is 16.2. The summed E-state index contributed by atoms with van der Waals surface area (Å²) in [4.78, 5) is 49.7. The Labute approximate surface area is 173 Å². The van der Waals surface area contributed by atoms with E-state index in [0.717, 1.165) is 36.2 Å². The summed E-state index contributed by atoms with van der Waals surface area (Å²) >= 11 is 0. The zero-order chi connectivity index (χ0) is 21.3. The van der Waals surface area contributed by atoms with Crippen LogP contribution < -0.4 is 20.9 Å². The molecule has 4 amide bonds. The smallest absolute Gasteiger partial charge is 0.314 e. The first kappa shape index (κ1) is 19.6. The van der Waals surface area contributed by atoms with Crippen molar-refractivity contribution in [3.05, 3.63) is 47.5 Å². The molecule has 154 valence electrons. The van der Waals surface area contributed by atoms with Gasteiger partial charge in [0.25, 0.3) is 0 Å². The van der Waals surface area contributed by atoms with Gasteiger partial charge >= 0.3 is 11.8 Å². The van der Waals surface area contributed by atoms with Crippen LogP contribution in [0.2, 0.25) is 0 Å². The molecule has 0 bridgehead atoms. The number of benzene rings is 2. The van der Waals surface area contributed by atoms with Gasteiger partial charge in [0.2, 0.25) is 11.8 Å². The number of hydrogen-bond donors (Lipinski definition) is 3. The molecule has 0 spiro atoms. The lowest BCUT2D eigenvalue weighted by Crippen LogP contribution is -2.39. The number of carbonyl (C=O) groups excluding carboxylic acids is 4. The van der Waals surface area contributed by atoms with Crippen molar-refractivity contribution in [2.75, 3.05) is 27.4 Å². The van der Waals surface area contributed by atoms with Gasteiger partial charge in [0, 0.05) is 37.0 Å². The number of amides is 4. The molecule has 0 atom stereocenters. The molecule has 2 aromatic carbocycles. The third kappa shape index (κ3) is 4.03. The Hall–Kier alpha value is -3.68. The summed E-state index contributed by atoms with van der Waals surface area (Å²) in [5.41, 5.74) is 4.62. The minimum Gasteiger partial charge on any atom is -0.326 e. The Morgan fingerprint density at radius 3 is 2.00 bits per heavy atom. The fraction of sp³-hybridized carbons (Fsp3) is 0.273. The largest absolute Gasteiger partial charge is 0.326 e. The molecule has 30 heavy (non-hydrogen) atoms. The summed E-state index contributed by atoms with van der Waals surface area (Å²) in [6.45, 7) is 2.14. The number of carbonyl (C=O) groups is 4. The van der Waals surface area contributed by atoms with Gasteiger partial charge in [0.15, 0.2) is 0 Å². The van der Waals surface area contributed by atoms with Gasteiger partial charge in [-0.05, 0) is 66.8 Å².